The van der Waals surface area contributed by atoms with Gasteiger partial charge in [-0.2, -0.15) is 0 Å². The van der Waals surface area contributed by atoms with E-state index in [2.05, 4.69) is 5.32 Å². The highest BCUT2D eigenvalue weighted by Crippen LogP contribution is 2.22. The van der Waals surface area contributed by atoms with E-state index < -0.39 is 23.5 Å². The molecule has 0 aromatic heterocycles. The van der Waals surface area contributed by atoms with E-state index in [1.54, 1.807) is 0 Å². The maximum Gasteiger partial charge on any atom is 0.308 e. The van der Waals surface area contributed by atoms with E-state index in [1.807, 2.05) is 6.92 Å². The van der Waals surface area contributed by atoms with Crippen molar-refractivity contribution in [3.8, 4) is 0 Å². The lowest BCUT2D eigenvalue weighted by Crippen LogP contribution is -2.33. The summed E-state index contributed by atoms with van der Waals surface area (Å²) < 4.78 is 26.1. The summed E-state index contributed by atoms with van der Waals surface area (Å²) in [6.45, 7) is 1.92. The first-order valence-electron chi connectivity index (χ1n) is 6.51. The highest BCUT2D eigenvalue weighted by atomic mass is 32.2. The third kappa shape index (κ3) is 6.12. The molecule has 0 saturated carbocycles. The van der Waals surface area contributed by atoms with E-state index in [9.17, 15) is 18.4 Å². The largest absolute Gasteiger partial charge is 0.481 e. The first-order valence-corrected chi connectivity index (χ1v) is 7.50. The molecule has 7 heteroatoms. The average Bonchev–Trinajstić information content (AvgIpc) is 2.42. The molecule has 0 aliphatic carbocycles. The Morgan fingerprint density at radius 1 is 1.38 bits per heavy atom. The SMILES string of the molecule is CCCC(CNC(=O)CSc1ccc(F)cc1F)C(=O)O. The molecular weight excluding hydrogens is 300 g/mol. The summed E-state index contributed by atoms with van der Waals surface area (Å²) in [6, 6.07) is 3.13. The van der Waals surface area contributed by atoms with E-state index in [0.29, 0.717) is 12.8 Å². The number of rotatable bonds is 8. The van der Waals surface area contributed by atoms with Gasteiger partial charge in [-0.15, -0.1) is 11.8 Å². The van der Waals surface area contributed by atoms with Gasteiger partial charge in [0.1, 0.15) is 11.6 Å². The van der Waals surface area contributed by atoms with E-state index in [4.69, 9.17) is 5.11 Å². The quantitative estimate of drug-likeness (QED) is 0.724. The van der Waals surface area contributed by atoms with Gasteiger partial charge in [-0.05, 0) is 18.6 Å². The molecule has 1 aromatic carbocycles. The van der Waals surface area contributed by atoms with Crippen molar-refractivity contribution in [3.05, 3.63) is 29.8 Å². The summed E-state index contributed by atoms with van der Waals surface area (Å²) in [7, 11) is 0. The number of carboxylic acid groups (broad SMARTS) is 1. The fourth-order valence-electron chi connectivity index (χ4n) is 1.68. The molecule has 1 unspecified atom stereocenters. The number of hydrogen-bond donors (Lipinski definition) is 2. The molecule has 0 radical (unpaired) electrons. The minimum Gasteiger partial charge on any atom is -0.481 e. The molecule has 1 rings (SSSR count). The molecule has 1 atom stereocenters. The van der Waals surface area contributed by atoms with Gasteiger partial charge in [-0.1, -0.05) is 13.3 Å². The number of nitrogens with one attached hydrogen (secondary N) is 1. The van der Waals surface area contributed by atoms with Crippen LogP contribution in [0, 0.1) is 17.6 Å². The van der Waals surface area contributed by atoms with E-state index in [1.165, 1.54) is 6.07 Å². The van der Waals surface area contributed by atoms with E-state index in [-0.39, 0.29) is 23.1 Å². The van der Waals surface area contributed by atoms with Crippen LogP contribution >= 0.6 is 11.8 Å². The molecule has 1 amide bonds. The molecule has 0 fully saturated rings. The molecule has 2 N–H and O–H groups in total. The molecule has 4 nitrogen and oxygen atoms in total. The number of carboxylic acids is 1. The Kier molecular flexibility index (Phi) is 7.14. The highest BCUT2D eigenvalue weighted by molar-refractivity contribution is 8.00. The minimum atomic E-state index is -0.950. The molecule has 0 aliphatic heterocycles. The number of carbonyl (C=O) groups excluding carboxylic acids is 1. The second-order valence-electron chi connectivity index (χ2n) is 4.49. The van der Waals surface area contributed by atoms with Gasteiger partial charge in [-0.25, -0.2) is 8.78 Å². The van der Waals surface area contributed by atoms with Crippen LogP contribution in [-0.2, 0) is 9.59 Å². The van der Waals surface area contributed by atoms with E-state index in [0.717, 1.165) is 23.9 Å². The van der Waals surface area contributed by atoms with Crippen molar-refractivity contribution in [2.75, 3.05) is 12.3 Å². The van der Waals surface area contributed by atoms with Crippen LogP contribution in [0.5, 0.6) is 0 Å². The Balaban J connectivity index is 2.41. The second kappa shape index (κ2) is 8.61. The number of aliphatic carboxylic acids is 1. The Morgan fingerprint density at radius 3 is 2.67 bits per heavy atom. The van der Waals surface area contributed by atoms with Crippen LogP contribution in [-0.4, -0.2) is 29.3 Å². The molecular formula is C14H17F2NO3S. The van der Waals surface area contributed by atoms with Crippen LogP contribution in [0.15, 0.2) is 23.1 Å². The van der Waals surface area contributed by atoms with Gasteiger partial charge in [0.05, 0.1) is 11.7 Å². The first-order chi connectivity index (χ1) is 9.93. The number of halogens is 2. The van der Waals surface area contributed by atoms with Crippen molar-refractivity contribution in [1.82, 2.24) is 5.32 Å². The summed E-state index contributed by atoms with van der Waals surface area (Å²) in [5, 5.41) is 11.5. The molecule has 0 heterocycles. The molecule has 1 aromatic rings. The van der Waals surface area contributed by atoms with Crippen LogP contribution in [0.25, 0.3) is 0 Å². The van der Waals surface area contributed by atoms with Gasteiger partial charge in [0, 0.05) is 17.5 Å². The molecule has 0 saturated heterocycles. The lowest BCUT2D eigenvalue weighted by Gasteiger charge is -2.12. The van der Waals surface area contributed by atoms with Crippen molar-refractivity contribution in [2.24, 2.45) is 5.92 Å². The van der Waals surface area contributed by atoms with Gasteiger partial charge in [0.15, 0.2) is 0 Å². The van der Waals surface area contributed by atoms with Gasteiger partial charge < -0.3 is 10.4 Å². The van der Waals surface area contributed by atoms with Crippen molar-refractivity contribution >= 4 is 23.6 Å². The maximum absolute atomic E-state index is 13.4. The smallest absolute Gasteiger partial charge is 0.308 e. The molecule has 0 aliphatic rings. The molecule has 116 valence electrons. The lowest BCUT2D eigenvalue weighted by atomic mass is 10.0. The van der Waals surface area contributed by atoms with Gasteiger partial charge in [0.25, 0.3) is 0 Å². The van der Waals surface area contributed by atoms with Crippen molar-refractivity contribution in [2.45, 2.75) is 24.7 Å². The maximum atomic E-state index is 13.4. The normalized spacial score (nSPS) is 12.0. The zero-order valence-corrected chi connectivity index (χ0v) is 12.4. The third-order valence-corrected chi connectivity index (χ3v) is 3.83. The highest BCUT2D eigenvalue weighted by Gasteiger charge is 2.17. The number of hydrogen-bond acceptors (Lipinski definition) is 3. The number of carbonyl (C=O) groups is 2. The zero-order valence-electron chi connectivity index (χ0n) is 11.6. The number of thioether (sulfide) groups is 1. The predicted molar refractivity (Wildman–Crippen MR) is 76.1 cm³/mol. The summed E-state index contributed by atoms with van der Waals surface area (Å²) >= 11 is 0.936. The molecule has 21 heavy (non-hydrogen) atoms. The Bertz CT molecular complexity index is 511. The number of benzene rings is 1. The summed E-state index contributed by atoms with van der Waals surface area (Å²) in [5.41, 5.74) is 0. The second-order valence-corrected chi connectivity index (χ2v) is 5.51. The van der Waals surface area contributed by atoms with E-state index >= 15 is 0 Å². The van der Waals surface area contributed by atoms with Crippen LogP contribution in [0.4, 0.5) is 8.78 Å². The van der Waals surface area contributed by atoms with Gasteiger partial charge in [-0.3, -0.25) is 9.59 Å². The summed E-state index contributed by atoms with van der Waals surface area (Å²) in [6.07, 6.45) is 1.19. The van der Waals surface area contributed by atoms with Crippen molar-refractivity contribution in [3.63, 3.8) is 0 Å². The minimum absolute atomic E-state index is 0.0501. The van der Waals surface area contributed by atoms with Crippen molar-refractivity contribution in [1.29, 1.82) is 0 Å². The fourth-order valence-corrected chi connectivity index (χ4v) is 2.43. The van der Waals surface area contributed by atoms with Gasteiger partial charge >= 0.3 is 5.97 Å². The van der Waals surface area contributed by atoms with Crippen LogP contribution in [0.1, 0.15) is 19.8 Å². The monoisotopic (exact) mass is 317 g/mol. The average molecular weight is 317 g/mol. The predicted octanol–water partition coefficient (Wildman–Crippen LogP) is 2.67. The van der Waals surface area contributed by atoms with Crippen LogP contribution in [0.3, 0.4) is 0 Å². The first kappa shape index (κ1) is 17.4. The van der Waals surface area contributed by atoms with Crippen LogP contribution in [0.2, 0.25) is 0 Å². The fraction of sp³-hybridized carbons (Fsp3) is 0.429. The van der Waals surface area contributed by atoms with Crippen LogP contribution < -0.4 is 5.32 Å². The lowest BCUT2D eigenvalue weighted by molar-refractivity contribution is -0.141. The molecule has 0 spiro atoms. The summed E-state index contributed by atoms with van der Waals surface area (Å²) in [4.78, 5) is 22.7. The Labute approximate surface area is 125 Å². The topological polar surface area (TPSA) is 66.4 Å². The Morgan fingerprint density at radius 2 is 2.10 bits per heavy atom. The third-order valence-electron chi connectivity index (χ3n) is 2.78. The standard InChI is InChI=1S/C14H17F2NO3S/c1-2-3-9(14(19)20)7-17-13(18)8-21-12-5-4-10(15)6-11(12)16/h4-6,9H,2-3,7-8H2,1H3,(H,17,18)(H,19,20). The summed E-state index contributed by atoms with van der Waals surface area (Å²) in [5.74, 6) is -3.40. The zero-order chi connectivity index (χ0) is 15.8. The molecule has 0 bridgehead atoms. The van der Waals surface area contributed by atoms with Gasteiger partial charge in [0.2, 0.25) is 5.91 Å². The Hall–Kier alpha value is -1.63. The number of amides is 1. The van der Waals surface area contributed by atoms with Crippen molar-refractivity contribution < 1.29 is 23.5 Å².